The molecule has 0 saturated carbocycles. The molecule has 2 nitrogen and oxygen atoms in total. The third kappa shape index (κ3) is 40.6. The van der Waals surface area contributed by atoms with E-state index in [0.29, 0.717) is 0 Å². The van der Waals surface area contributed by atoms with E-state index in [0.717, 1.165) is 63.4 Å². The molecule has 0 atom stereocenters. The normalized spacial score (nSPS) is 11.6. The molecule has 0 bridgehead atoms. The van der Waals surface area contributed by atoms with Crippen LogP contribution in [0.4, 0.5) is 0 Å². The van der Waals surface area contributed by atoms with E-state index in [2.05, 4.69) is 102 Å². The number of hydrogen-bond acceptors (Lipinski definition) is 0. The molecule has 0 unspecified atom stereocenters. The van der Waals surface area contributed by atoms with Gasteiger partial charge in [-0.3, -0.25) is 0 Å². The Hall–Kier alpha value is -2.17. The van der Waals surface area contributed by atoms with Crippen molar-refractivity contribution in [2.75, 3.05) is 0 Å². The first-order valence-corrected chi connectivity index (χ1v) is 35.8. The predicted octanol–water partition coefficient (Wildman–Crippen LogP) is 25.7. The van der Waals surface area contributed by atoms with Gasteiger partial charge in [0.25, 0.3) is 0 Å². The smallest absolute Gasteiger partial charge is 0.0654 e. The predicted molar refractivity (Wildman–Crippen MR) is 344 cm³/mol. The number of aryl methyl sites for hydroxylation is 4. The van der Waals surface area contributed by atoms with Gasteiger partial charge < -0.3 is 5.53 Å². The van der Waals surface area contributed by atoms with Gasteiger partial charge in [0, 0.05) is 0 Å². The molecular weight excluding hydrogens is 976 g/mol. The summed E-state index contributed by atoms with van der Waals surface area (Å²) in [5.41, 5.74) is 22.4. The Morgan fingerprint density at radius 2 is 0.610 bits per heavy atom. The number of nitrogens with zero attached hydrogens (tertiary/aromatic N) is 2. The van der Waals surface area contributed by atoms with Gasteiger partial charge in [0.15, 0.2) is 0 Å². The van der Waals surface area contributed by atoms with Crippen LogP contribution in [0.15, 0.2) is 47.5 Å². The monoisotopic (exact) mass is 1100 g/mol. The van der Waals surface area contributed by atoms with Gasteiger partial charge in [-0.2, -0.15) is 0 Å². The number of rotatable bonds is 53. The molecule has 0 saturated heterocycles. The van der Waals surface area contributed by atoms with Gasteiger partial charge in [-0.1, -0.05) is 182 Å². The van der Waals surface area contributed by atoms with Crippen LogP contribution in [0.2, 0.25) is 10.8 Å². The zero-order valence-corrected chi connectivity index (χ0v) is 54.0. The molecular formula is C74H130N2Ni. The fraction of sp³-hybridized carbons (Fsp3) is 0.784. The first-order chi connectivity index (χ1) is 38.0. The molecule has 0 aliphatic carbocycles. The van der Waals surface area contributed by atoms with Crippen LogP contribution in [0, 0.1) is 0 Å². The van der Waals surface area contributed by atoms with Gasteiger partial charge in [-0.25, -0.2) is 0 Å². The second kappa shape index (κ2) is 55.7. The fourth-order valence-corrected chi connectivity index (χ4v) is 12.3. The van der Waals surface area contributed by atoms with Crippen LogP contribution in [0.25, 0.3) is 11.1 Å². The first-order valence-electron chi connectivity index (χ1n) is 34.4. The first kappa shape index (κ1) is 72.8. The summed E-state index contributed by atoms with van der Waals surface area (Å²) >= 11 is 2.04. The quantitative estimate of drug-likeness (QED) is 0.0158. The maximum absolute atomic E-state index is 9.96. The molecule has 446 valence electrons. The Morgan fingerprint density at radius 1 is 0.325 bits per heavy atom. The molecule has 0 aromatic heterocycles. The minimum Gasteiger partial charge on any atom is -0.0654 e. The summed E-state index contributed by atoms with van der Waals surface area (Å²) in [5, 5.41) is 2.87. The average Bonchev–Trinajstić information content (AvgIpc) is 3.44. The van der Waals surface area contributed by atoms with Crippen molar-refractivity contribution >= 4 is 11.4 Å². The molecule has 0 spiro atoms. The molecule has 0 aliphatic heterocycles. The van der Waals surface area contributed by atoms with E-state index in [1.807, 2.05) is 14.4 Å². The molecule has 2 rings (SSSR count). The van der Waals surface area contributed by atoms with Crippen molar-refractivity contribution in [3.8, 4) is 0 Å². The van der Waals surface area contributed by atoms with Crippen molar-refractivity contribution in [2.24, 2.45) is 0 Å². The Kier molecular flexibility index (Phi) is 52.7. The van der Waals surface area contributed by atoms with Gasteiger partial charge in [-0.15, -0.1) is 4.79 Å². The second-order valence-corrected chi connectivity index (χ2v) is 25.1. The maximum atomic E-state index is 9.96. The molecule has 0 N–H and O–H groups in total. The molecule has 3 heteroatoms. The molecule has 0 amide bonds. The molecule has 0 aliphatic rings. The van der Waals surface area contributed by atoms with Crippen molar-refractivity contribution in [1.82, 2.24) is 0 Å². The van der Waals surface area contributed by atoms with Crippen molar-refractivity contribution < 1.29 is 19.2 Å². The zero-order chi connectivity index (χ0) is 55.9. The molecule has 0 radical (unpaired) electrons. The standard InChI is InChI=1S/C46H72N2.2C14H29.Ni/c1-7-13-19-22-27-40-32-41(28-23-20-14-8-2)36-44(35-40)46(43-33-38(25-16-10-4)31-39(34-43)26-17-11-5)45(30-18-12-6)42(37-48-47)29-24-21-15-9-3;2*1-3-5-7-9-11-13-14-12-10-8-6-4-2;/h31-36H,7-30H2,1-6H3;2*1,3-14H2,2H3;. The summed E-state index contributed by atoms with van der Waals surface area (Å²) in [6, 6.07) is 15.1. The number of unbranched alkanes of at least 4 members (excludes halogenated alkanes) is 34. The minimum absolute atomic E-state index is 0.908. The van der Waals surface area contributed by atoms with E-state index in [1.54, 1.807) is 0 Å². The van der Waals surface area contributed by atoms with Crippen LogP contribution in [0.3, 0.4) is 0 Å². The Labute approximate surface area is 488 Å². The van der Waals surface area contributed by atoms with Crippen LogP contribution in [-0.4, -0.2) is 10.7 Å². The fourth-order valence-electron chi connectivity index (χ4n) is 11.1. The summed E-state index contributed by atoms with van der Waals surface area (Å²) in [6.45, 7) is 18.4. The molecule has 77 heavy (non-hydrogen) atoms. The van der Waals surface area contributed by atoms with E-state index in [-0.39, 0.29) is 0 Å². The van der Waals surface area contributed by atoms with E-state index >= 15 is 0 Å². The topological polar surface area (TPSA) is 36.4 Å². The Balaban J connectivity index is 0.000000875. The second-order valence-electron chi connectivity index (χ2n) is 23.6. The third-order valence-electron chi connectivity index (χ3n) is 16.0. The van der Waals surface area contributed by atoms with E-state index in [4.69, 9.17) is 0 Å². The molecule has 2 aromatic rings. The van der Waals surface area contributed by atoms with Crippen molar-refractivity contribution in [1.29, 1.82) is 0 Å². The molecule has 0 heterocycles. The summed E-state index contributed by atoms with van der Waals surface area (Å²) in [7, 11) is 0. The van der Waals surface area contributed by atoms with Gasteiger partial charge in [0.1, 0.15) is 0 Å². The Morgan fingerprint density at radius 3 is 0.935 bits per heavy atom. The van der Waals surface area contributed by atoms with Gasteiger partial charge >= 0.3 is 172 Å². The molecule has 0 fully saturated rings. The van der Waals surface area contributed by atoms with E-state index in [1.165, 1.54) is 306 Å². The number of allylic oxidation sites excluding steroid dienone is 2. The van der Waals surface area contributed by atoms with Crippen LogP contribution < -0.4 is 0 Å². The summed E-state index contributed by atoms with van der Waals surface area (Å²) in [6.07, 6.45) is 63.8. The Bertz CT molecular complexity index is 1660. The average molecular weight is 1110 g/mol. The zero-order valence-electron chi connectivity index (χ0n) is 53.0. The van der Waals surface area contributed by atoms with Crippen LogP contribution >= 0.6 is 0 Å². The summed E-state index contributed by atoms with van der Waals surface area (Å²) in [5.74, 6) is 3.15. The minimum atomic E-state index is 0.908. The van der Waals surface area contributed by atoms with Gasteiger partial charge in [0.05, 0.1) is 5.57 Å². The summed E-state index contributed by atoms with van der Waals surface area (Å²) < 4.78 is 0. The number of hydrogen-bond donors (Lipinski definition) is 0. The van der Waals surface area contributed by atoms with Crippen molar-refractivity contribution in [2.45, 2.75) is 374 Å². The van der Waals surface area contributed by atoms with Crippen LogP contribution in [0.5, 0.6) is 0 Å². The third-order valence-corrected chi connectivity index (χ3v) is 17.4. The SMILES string of the molecule is CCCCCCC(=C=[N+]=[N-])C(CCCC)=C(c1cc(CCCC)cc(CCCC)c1)c1cc(CCCCCC)cc(CCCCCC)c1.CCCCCCCCCCCCC[CH2][Ni][CH2]CCCCCCCCCCCCC. The van der Waals surface area contributed by atoms with Crippen molar-refractivity contribution in [3.05, 3.63) is 86.5 Å². The van der Waals surface area contributed by atoms with Gasteiger partial charge in [0.2, 0.25) is 0 Å². The van der Waals surface area contributed by atoms with E-state index < -0.39 is 0 Å². The number of benzene rings is 2. The van der Waals surface area contributed by atoms with Gasteiger partial charge in [-0.05, 0) is 122 Å². The van der Waals surface area contributed by atoms with Crippen molar-refractivity contribution in [3.63, 3.8) is 0 Å². The van der Waals surface area contributed by atoms with E-state index in [9.17, 15) is 5.53 Å². The molecule has 2 aromatic carbocycles. The van der Waals surface area contributed by atoms with Crippen LogP contribution in [-0.2, 0) is 40.1 Å². The summed E-state index contributed by atoms with van der Waals surface area (Å²) in [4.78, 5) is 3.58. The van der Waals surface area contributed by atoms with Crippen LogP contribution in [0.1, 0.15) is 371 Å².